The fourth-order valence-corrected chi connectivity index (χ4v) is 4.02. The summed E-state index contributed by atoms with van der Waals surface area (Å²) in [6.45, 7) is 2.18. The zero-order chi connectivity index (χ0) is 14.0. The van der Waals surface area contributed by atoms with Crippen LogP contribution >= 0.6 is 24.0 Å². The number of hydrogen-bond acceptors (Lipinski definition) is 4. The molecule has 3 rings (SSSR count). The summed E-state index contributed by atoms with van der Waals surface area (Å²) in [5.41, 5.74) is 3.38. The Hall–Kier alpha value is -1.46. The average Bonchev–Trinajstić information content (AvgIpc) is 2.48. The minimum Gasteiger partial charge on any atom is -0.362 e. The standard InChI is InChI=1S/C15H15N3S2/c1-15(18-14(19)5-6-20-15)13-4-2-3-11(7-13)12-8-16-10-17-9-12/h2-4,7-10H,5-6H2,1H3,(H,18,19). The van der Waals surface area contributed by atoms with Crippen LogP contribution in [0.3, 0.4) is 0 Å². The predicted octanol–water partition coefficient (Wildman–Crippen LogP) is 3.37. The molecule has 2 aromatic rings. The lowest BCUT2D eigenvalue weighted by atomic mass is 10.0. The fourth-order valence-electron chi connectivity index (χ4n) is 2.31. The molecule has 0 saturated carbocycles. The molecule has 102 valence electrons. The van der Waals surface area contributed by atoms with E-state index in [4.69, 9.17) is 12.2 Å². The highest BCUT2D eigenvalue weighted by Gasteiger charge is 2.31. The Labute approximate surface area is 128 Å². The molecule has 0 bridgehead atoms. The highest BCUT2D eigenvalue weighted by Crippen LogP contribution is 2.38. The van der Waals surface area contributed by atoms with Gasteiger partial charge in [-0.25, -0.2) is 9.97 Å². The van der Waals surface area contributed by atoms with Crippen molar-refractivity contribution in [3.63, 3.8) is 0 Å². The second kappa shape index (κ2) is 5.50. The van der Waals surface area contributed by atoms with Gasteiger partial charge in [-0.05, 0) is 24.1 Å². The first-order valence-electron chi connectivity index (χ1n) is 6.48. The molecule has 5 heteroatoms. The summed E-state index contributed by atoms with van der Waals surface area (Å²) in [7, 11) is 0. The van der Waals surface area contributed by atoms with Crippen LogP contribution in [0, 0.1) is 0 Å². The summed E-state index contributed by atoms with van der Waals surface area (Å²) in [5.74, 6) is 1.06. The van der Waals surface area contributed by atoms with E-state index < -0.39 is 0 Å². The smallest absolute Gasteiger partial charge is 0.115 e. The molecular formula is C15H15N3S2. The van der Waals surface area contributed by atoms with Gasteiger partial charge in [0.2, 0.25) is 0 Å². The molecule has 3 nitrogen and oxygen atoms in total. The number of rotatable bonds is 2. The van der Waals surface area contributed by atoms with E-state index in [9.17, 15) is 0 Å². The second-order valence-corrected chi connectivity index (χ2v) is 6.89. The largest absolute Gasteiger partial charge is 0.362 e. The Balaban J connectivity index is 1.97. The van der Waals surface area contributed by atoms with Gasteiger partial charge in [-0.2, -0.15) is 0 Å². The summed E-state index contributed by atoms with van der Waals surface area (Å²) < 4.78 is 0. The number of nitrogens with one attached hydrogen (secondary N) is 1. The lowest BCUT2D eigenvalue weighted by Gasteiger charge is -2.36. The number of aromatic nitrogens is 2. The van der Waals surface area contributed by atoms with Crippen molar-refractivity contribution >= 4 is 29.0 Å². The summed E-state index contributed by atoms with van der Waals surface area (Å²) >= 11 is 7.23. The first-order chi connectivity index (χ1) is 9.67. The maximum Gasteiger partial charge on any atom is 0.115 e. The first kappa shape index (κ1) is 13.5. The Morgan fingerprint density at radius 2 is 2.05 bits per heavy atom. The molecule has 1 aromatic carbocycles. The third-order valence-electron chi connectivity index (χ3n) is 3.41. The topological polar surface area (TPSA) is 37.8 Å². The van der Waals surface area contributed by atoms with Gasteiger partial charge in [-0.15, -0.1) is 11.8 Å². The molecule has 1 unspecified atom stereocenters. The number of hydrogen-bond donors (Lipinski definition) is 1. The zero-order valence-corrected chi connectivity index (χ0v) is 12.8. The van der Waals surface area contributed by atoms with Gasteiger partial charge < -0.3 is 5.32 Å². The van der Waals surface area contributed by atoms with Gasteiger partial charge in [-0.3, -0.25) is 0 Å². The van der Waals surface area contributed by atoms with Crippen molar-refractivity contribution in [1.82, 2.24) is 15.3 Å². The van der Waals surface area contributed by atoms with Crippen LogP contribution < -0.4 is 5.32 Å². The van der Waals surface area contributed by atoms with E-state index in [0.717, 1.165) is 28.3 Å². The van der Waals surface area contributed by atoms with Crippen LogP contribution in [0.15, 0.2) is 43.0 Å². The van der Waals surface area contributed by atoms with Gasteiger partial charge in [-0.1, -0.05) is 30.4 Å². The third kappa shape index (κ3) is 2.69. The summed E-state index contributed by atoms with van der Waals surface area (Å²) in [5, 5.41) is 3.45. The van der Waals surface area contributed by atoms with E-state index in [0.29, 0.717) is 0 Å². The molecular weight excluding hydrogens is 286 g/mol. The molecule has 0 spiro atoms. The fraction of sp³-hybridized carbons (Fsp3) is 0.267. The zero-order valence-electron chi connectivity index (χ0n) is 11.2. The van der Waals surface area contributed by atoms with Crippen molar-refractivity contribution in [3.8, 4) is 11.1 Å². The summed E-state index contributed by atoms with van der Waals surface area (Å²) in [4.78, 5) is 8.95. The van der Waals surface area contributed by atoms with Gasteiger partial charge in [0.15, 0.2) is 0 Å². The number of thiocarbonyl (C=S) groups is 1. The van der Waals surface area contributed by atoms with E-state index in [2.05, 4.69) is 46.5 Å². The predicted molar refractivity (Wildman–Crippen MR) is 87.6 cm³/mol. The van der Waals surface area contributed by atoms with Crippen LogP contribution in [0.4, 0.5) is 0 Å². The van der Waals surface area contributed by atoms with Crippen LogP contribution in [0.5, 0.6) is 0 Å². The van der Waals surface area contributed by atoms with E-state index in [1.54, 1.807) is 6.33 Å². The summed E-state index contributed by atoms with van der Waals surface area (Å²) in [6, 6.07) is 8.48. The Kier molecular flexibility index (Phi) is 3.72. The van der Waals surface area contributed by atoms with Gasteiger partial charge in [0.25, 0.3) is 0 Å². The van der Waals surface area contributed by atoms with Crippen LogP contribution in [0.25, 0.3) is 11.1 Å². The minimum absolute atomic E-state index is 0.152. The van der Waals surface area contributed by atoms with Crippen molar-refractivity contribution in [3.05, 3.63) is 48.5 Å². The van der Waals surface area contributed by atoms with Gasteiger partial charge in [0.05, 0.1) is 4.99 Å². The number of benzene rings is 1. The molecule has 0 aliphatic carbocycles. The SMILES string of the molecule is CC1(c2cccc(-c3cncnc3)c2)NC(=S)CCS1. The monoisotopic (exact) mass is 301 g/mol. The molecule has 1 aromatic heterocycles. The maximum atomic E-state index is 5.34. The molecule has 1 aliphatic heterocycles. The molecule has 0 amide bonds. The van der Waals surface area contributed by atoms with Crippen molar-refractivity contribution < 1.29 is 0 Å². The normalized spacial score (nSPS) is 22.4. The Morgan fingerprint density at radius 3 is 2.80 bits per heavy atom. The molecule has 0 radical (unpaired) electrons. The molecule has 1 aliphatic rings. The minimum atomic E-state index is -0.152. The van der Waals surface area contributed by atoms with Crippen LogP contribution in [-0.4, -0.2) is 20.7 Å². The molecule has 20 heavy (non-hydrogen) atoms. The summed E-state index contributed by atoms with van der Waals surface area (Å²) in [6.07, 6.45) is 6.18. The van der Waals surface area contributed by atoms with E-state index in [1.165, 1.54) is 5.56 Å². The molecule has 1 saturated heterocycles. The highest BCUT2D eigenvalue weighted by molar-refractivity contribution is 8.00. The molecule has 1 fully saturated rings. The van der Waals surface area contributed by atoms with Crippen molar-refractivity contribution in [2.45, 2.75) is 18.2 Å². The van der Waals surface area contributed by atoms with Crippen LogP contribution in [-0.2, 0) is 4.87 Å². The lowest BCUT2D eigenvalue weighted by molar-refractivity contribution is 0.635. The quantitative estimate of drug-likeness (QED) is 0.861. The van der Waals surface area contributed by atoms with Gasteiger partial charge in [0.1, 0.15) is 11.2 Å². The Bertz CT molecular complexity index is 630. The average molecular weight is 301 g/mol. The van der Waals surface area contributed by atoms with E-state index in [1.807, 2.05) is 24.2 Å². The second-order valence-electron chi connectivity index (χ2n) is 4.89. The third-order valence-corrected chi connectivity index (χ3v) is 5.03. The van der Waals surface area contributed by atoms with Crippen molar-refractivity contribution in [2.75, 3.05) is 5.75 Å². The number of nitrogens with zero attached hydrogens (tertiary/aromatic N) is 2. The first-order valence-corrected chi connectivity index (χ1v) is 7.88. The van der Waals surface area contributed by atoms with E-state index in [-0.39, 0.29) is 4.87 Å². The lowest BCUT2D eigenvalue weighted by Crippen LogP contribution is -2.43. The van der Waals surface area contributed by atoms with Crippen LogP contribution in [0.2, 0.25) is 0 Å². The number of thioether (sulfide) groups is 1. The van der Waals surface area contributed by atoms with Crippen molar-refractivity contribution in [2.24, 2.45) is 0 Å². The maximum absolute atomic E-state index is 5.34. The Morgan fingerprint density at radius 1 is 1.25 bits per heavy atom. The van der Waals surface area contributed by atoms with Crippen LogP contribution in [0.1, 0.15) is 18.9 Å². The molecule has 1 N–H and O–H groups in total. The molecule has 2 heterocycles. The van der Waals surface area contributed by atoms with E-state index >= 15 is 0 Å². The van der Waals surface area contributed by atoms with Crippen molar-refractivity contribution in [1.29, 1.82) is 0 Å². The van der Waals surface area contributed by atoms with Gasteiger partial charge >= 0.3 is 0 Å². The van der Waals surface area contributed by atoms with Gasteiger partial charge in [0, 0.05) is 30.1 Å². The highest BCUT2D eigenvalue weighted by atomic mass is 32.2. The molecule has 1 atom stereocenters.